The van der Waals surface area contributed by atoms with Crippen molar-refractivity contribution >= 4 is 11.8 Å². The third kappa shape index (κ3) is 4.82. The van der Waals surface area contributed by atoms with E-state index in [0.717, 1.165) is 19.6 Å². The van der Waals surface area contributed by atoms with Gasteiger partial charge >= 0.3 is 11.8 Å². The van der Waals surface area contributed by atoms with Crippen LogP contribution in [0.4, 0.5) is 0 Å². The van der Waals surface area contributed by atoms with E-state index in [4.69, 9.17) is 4.74 Å². The summed E-state index contributed by atoms with van der Waals surface area (Å²) >= 11 is 0. The molecule has 6 nitrogen and oxygen atoms in total. The van der Waals surface area contributed by atoms with E-state index in [2.05, 4.69) is 22.3 Å². The van der Waals surface area contributed by atoms with Gasteiger partial charge in [-0.15, -0.1) is 0 Å². The molecular weight excluding hydrogens is 282 g/mol. The number of nitrogens with zero attached hydrogens (tertiary/aromatic N) is 2. The van der Waals surface area contributed by atoms with Crippen LogP contribution in [-0.2, 0) is 20.9 Å². The molecule has 0 atom stereocenters. The van der Waals surface area contributed by atoms with Crippen molar-refractivity contribution in [1.29, 1.82) is 0 Å². The van der Waals surface area contributed by atoms with E-state index in [0.29, 0.717) is 26.2 Å². The van der Waals surface area contributed by atoms with Gasteiger partial charge in [0.2, 0.25) is 0 Å². The second-order valence-corrected chi connectivity index (χ2v) is 5.30. The van der Waals surface area contributed by atoms with Crippen LogP contribution in [0, 0.1) is 0 Å². The fourth-order valence-corrected chi connectivity index (χ4v) is 2.44. The van der Waals surface area contributed by atoms with E-state index in [1.54, 1.807) is 12.0 Å². The molecule has 0 radical (unpaired) electrons. The molecule has 1 fully saturated rings. The highest BCUT2D eigenvalue weighted by molar-refractivity contribution is 6.35. The van der Waals surface area contributed by atoms with Gasteiger partial charge in [-0.05, 0) is 5.56 Å². The number of hydrogen-bond acceptors (Lipinski definition) is 4. The summed E-state index contributed by atoms with van der Waals surface area (Å²) in [6.45, 7) is 4.38. The minimum atomic E-state index is -0.548. The molecule has 1 aliphatic rings. The minimum absolute atomic E-state index is 0.356. The minimum Gasteiger partial charge on any atom is -0.383 e. The summed E-state index contributed by atoms with van der Waals surface area (Å²) in [6, 6.07) is 10.3. The van der Waals surface area contributed by atoms with Crippen molar-refractivity contribution in [3.63, 3.8) is 0 Å². The standard InChI is InChI=1S/C16H23N3O3/c1-22-12-7-17-15(20)16(21)19-10-8-18(9-11-19)13-14-5-3-2-4-6-14/h2-6H,7-13H2,1H3,(H,17,20). The van der Waals surface area contributed by atoms with Gasteiger partial charge in [0.1, 0.15) is 0 Å². The maximum atomic E-state index is 12.0. The monoisotopic (exact) mass is 305 g/mol. The number of rotatable bonds is 5. The number of hydrogen-bond donors (Lipinski definition) is 1. The average Bonchev–Trinajstić information content (AvgIpc) is 2.56. The van der Waals surface area contributed by atoms with Crippen LogP contribution in [0.2, 0.25) is 0 Å². The Kier molecular flexibility index (Phi) is 6.36. The molecule has 0 unspecified atom stereocenters. The Hall–Kier alpha value is -1.92. The van der Waals surface area contributed by atoms with Gasteiger partial charge in [0.05, 0.1) is 6.61 Å². The predicted octanol–water partition coefficient (Wildman–Crippen LogP) is 0.0934. The van der Waals surface area contributed by atoms with Crippen molar-refractivity contribution in [2.45, 2.75) is 6.54 Å². The Morgan fingerprint density at radius 3 is 2.45 bits per heavy atom. The number of piperazine rings is 1. The van der Waals surface area contributed by atoms with Crippen molar-refractivity contribution in [3.8, 4) is 0 Å². The molecule has 1 N–H and O–H groups in total. The molecule has 2 amide bonds. The lowest BCUT2D eigenvalue weighted by Crippen LogP contribution is -2.52. The van der Waals surface area contributed by atoms with Gasteiger partial charge < -0.3 is 15.0 Å². The molecule has 2 rings (SSSR count). The molecule has 1 aliphatic heterocycles. The SMILES string of the molecule is COCCNC(=O)C(=O)N1CCN(Cc2ccccc2)CC1. The highest BCUT2D eigenvalue weighted by Gasteiger charge is 2.25. The maximum Gasteiger partial charge on any atom is 0.311 e. The van der Waals surface area contributed by atoms with E-state index in [-0.39, 0.29) is 0 Å². The Labute approximate surface area is 131 Å². The quantitative estimate of drug-likeness (QED) is 0.619. The lowest BCUT2D eigenvalue weighted by Gasteiger charge is -2.34. The number of methoxy groups -OCH3 is 1. The second kappa shape index (κ2) is 8.51. The summed E-state index contributed by atoms with van der Waals surface area (Å²) in [5, 5.41) is 2.56. The molecule has 1 saturated heterocycles. The topological polar surface area (TPSA) is 61.9 Å². The zero-order chi connectivity index (χ0) is 15.8. The van der Waals surface area contributed by atoms with Gasteiger partial charge in [0.15, 0.2) is 0 Å². The number of carbonyl (C=O) groups is 2. The van der Waals surface area contributed by atoms with Crippen LogP contribution in [-0.4, -0.2) is 68.1 Å². The summed E-state index contributed by atoms with van der Waals surface area (Å²) in [5.74, 6) is -0.996. The third-order valence-corrected chi connectivity index (χ3v) is 3.69. The maximum absolute atomic E-state index is 12.0. The van der Waals surface area contributed by atoms with E-state index in [1.807, 2.05) is 18.2 Å². The summed E-state index contributed by atoms with van der Waals surface area (Å²) < 4.78 is 4.84. The first-order chi connectivity index (χ1) is 10.7. The van der Waals surface area contributed by atoms with Crippen LogP contribution < -0.4 is 5.32 Å². The molecule has 1 heterocycles. The lowest BCUT2D eigenvalue weighted by molar-refractivity contribution is -0.147. The van der Waals surface area contributed by atoms with Crippen molar-refractivity contribution in [2.75, 3.05) is 46.4 Å². The number of nitrogens with one attached hydrogen (secondary N) is 1. The molecule has 22 heavy (non-hydrogen) atoms. The van der Waals surface area contributed by atoms with Gasteiger partial charge in [-0.1, -0.05) is 30.3 Å². The van der Waals surface area contributed by atoms with Crippen molar-refractivity contribution in [3.05, 3.63) is 35.9 Å². The van der Waals surface area contributed by atoms with Gasteiger partial charge in [0.25, 0.3) is 0 Å². The fourth-order valence-electron chi connectivity index (χ4n) is 2.44. The van der Waals surface area contributed by atoms with Crippen LogP contribution in [0.1, 0.15) is 5.56 Å². The number of amides is 2. The Morgan fingerprint density at radius 2 is 1.82 bits per heavy atom. The van der Waals surface area contributed by atoms with Crippen molar-refractivity contribution in [1.82, 2.24) is 15.1 Å². The largest absolute Gasteiger partial charge is 0.383 e. The Balaban J connectivity index is 1.74. The molecule has 0 bridgehead atoms. The molecule has 1 aromatic rings. The molecule has 6 heteroatoms. The van der Waals surface area contributed by atoms with Gasteiger partial charge in [-0.25, -0.2) is 0 Å². The number of benzene rings is 1. The first-order valence-corrected chi connectivity index (χ1v) is 7.53. The summed E-state index contributed by atoms with van der Waals surface area (Å²) in [7, 11) is 1.56. The Morgan fingerprint density at radius 1 is 1.14 bits per heavy atom. The van der Waals surface area contributed by atoms with E-state index < -0.39 is 11.8 Å². The summed E-state index contributed by atoms with van der Waals surface area (Å²) in [5.41, 5.74) is 1.26. The highest BCUT2D eigenvalue weighted by atomic mass is 16.5. The first kappa shape index (κ1) is 16.5. The number of ether oxygens (including phenoxy) is 1. The zero-order valence-corrected chi connectivity index (χ0v) is 13.0. The molecule has 0 aliphatic carbocycles. The predicted molar refractivity (Wildman–Crippen MR) is 83.2 cm³/mol. The summed E-state index contributed by atoms with van der Waals surface area (Å²) in [4.78, 5) is 27.6. The molecule has 0 aromatic heterocycles. The van der Waals surface area contributed by atoms with E-state index in [1.165, 1.54) is 5.56 Å². The molecule has 120 valence electrons. The van der Waals surface area contributed by atoms with Crippen molar-refractivity contribution in [2.24, 2.45) is 0 Å². The average molecular weight is 305 g/mol. The molecule has 0 saturated carbocycles. The second-order valence-electron chi connectivity index (χ2n) is 5.30. The highest BCUT2D eigenvalue weighted by Crippen LogP contribution is 2.08. The lowest BCUT2D eigenvalue weighted by atomic mass is 10.2. The van der Waals surface area contributed by atoms with Crippen molar-refractivity contribution < 1.29 is 14.3 Å². The fraction of sp³-hybridized carbons (Fsp3) is 0.500. The molecule has 0 spiro atoms. The molecule has 1 aromatic carbocycles. The third-order valence-electron chi connectivity index (χ3n) is 3.69. The van der Waals surface area contributed by atoms with Crippen LogP contribution in [0.3, 0.4) is 0 Å². The molecular formula is C16H23N3O3. The van der Waals surface area contributed by atoms with Crippen LogP contribution in [0.5, 0.6) is 0 Å². The summed E-state index contributed by atoms with van der Waals surface area (Å²) in [6.07, 6.45) is 0. The first-order valence-electron chi connectivity index (χ1n) is 7.53. The van der Waals surface area contributed by atoms with Crippen LogP contribution in [0.25, 0.3) is 0 Å². The van der Waals surface area contributed by atoms with Gasteiger partial charge in [-0.2, -0.15) is 0 Å². The van der Waals surface area contributed by atoms with Gasteiger partial charge in [-0.3, -0.25) is 14.5 Å². The smallest absolute Gasteiger partial charge is 0.311 e. The zero-order valence-electron chi connectivity index (χ0n) is 13.0. The van der Waals surface area contributed by atoms with Crippen LogP contribution in [0.15, 0.2) is 30.3 Å². The van der Waals surface area contributed by atoms with Gasteiger partial charge in [0, 0.05) is 46.4 Å². The number of carbonyl (C=O) groups excluding carboxylic acids is 2. The Bertz CT molecular complexity index is 485. The normalized spacial score (nSPS) is 15.6. The van der Waals surface area contributed by atoms with Crippen LogP contribution >= 0.6 is 0 Å². The van der Waals surface area contributed by atoms with E-state index >= 15 is 0 Å². The van der Waals surface area contributed by atoms with E-state index in [9.17, 15) is 9.59 Å².